The van der Waals surface area contributed by atoms with E-state index in [1.807, 2.05) is 26.0 Å². The summed E-state index contributed by atoms with van der Waals surface area (Å²) in [6.07, 6.45) is 0. The minimum absolute atomic E-state index is 0.176. The first-order valence-corrected chi connectivity index (χ1v) is 14.6. The summed E-state index contributed by atoms with van der Waals surface area (Å²) < 4.78 is 28.2. The molecule has 2 aliphatic rings. The number of aryl methyl sites for hydroxylation is 1. The fourth-order valence-electron chi connectivity index (χ4n) is 5.99. The Bertz CT molecular complexity index is 1010. The number of carbonyl (C=O) groups excluding carboxylic acids is 1. The van der Waals surface area contributed by atoms with Crippen molar-refractivity contribution in [3.63, 3.8) is 0 Å². The molecule has 4 nitrogen and oxygen atoms in total. The summed E-state index contributed by atoms with van der Waals surface area (Å²) in [5.74, 6) is 0.176. The molecule has 0 amide bonds. The molecule has 0 radical (unpaired) electrons. The van der Waals surface area contributed by atoms with E-state index in [9.17, 15) is 13.2 Å². The van der Waals surface area contributed by atoms with Gasteiger partial charge in [0.25, 0.3) is 0 Å². The molecule has 0 spiro atoms. The molecule has 1 aromatic carbocycles. The molecule has 1 saturated heterocycles. The van der Waals surface area contributed by atoms with Crippen LogP contribution in [-0.4, -0.2) is 39.7 Å². The Labute approximate surface area is 183 Å². The number of allylic oxidation sites excluding steroid dienone is 2. The molecule has 1 aliphatic heterocycles. The van der Waals surface area contributed by atoms with Crippen LogP contribution in [0.5, 0.6) is 0 Å². The van der Waals surface area contributed by atoms with Crippen LogP contribution in [0.4, 0.5) is 0 Å². The maximum absolute atomic E-state index is 13.5. The van der Waals surface area contributed by atoms with Crippen molar-refractivity contribution < 1.29 is 13.2 Å². The van der Waals surface area contributed by atoms with Crippen molar-refractivity contribution in [2.75, 3.05) is 13.1 Å². The second-order valence-corrected chi connectivity index (χ2v) is 17.5. The molecule has 30 heavy (non-hydrogen) atoms. The Balaban J connectivity index is 2.14. The first-order valence-electron chi connectivity index (χ1n) is 10.9. The van der Waals surface area contributed by atoms with Crippen molar-refractivity contribution in [2.45, 2.75) is 76.9 Å². The van der Waals surface area contributed by atoms with Crippen LogP contribution in [0, 0.1) is 6.92 Å². The molecule has 0 atom stereocenters. The molecule has 1 aliphatic carbocycles. The van der Waals surface area contributed by atoms with Gasteiger partial charge in [-0.15, -0.1) is 0 Å². The van der Waals surface area contributed by atoms with Crippen molar-refractivity contribution in [2.24, 2.45) is 0 Å². The van der Waals surface area contributed by atoms with Crippen molar-refractivity contribution >= 4 is 23.9 Å². The Morgan fingerprint density at radius 3 is 1.77 bits per heavy atom. The van der Waals surface area contributed by atoms with Gasteiger partial charge in [-0.1, -0.05) is 59.2 Å². The summed E-state index contributed by atoms with van der Waals surface area (Å²) in [5.41, 5.74) is 4.94. The number of fused-ring (bicyclic) bond motifs is 1. The predicted molar refractivity (Wildman–Crippen MR) is 126 cm³/mol. The van der Waals surface area contributed by atoms with E-state index in [2.05, 4.69) is 41.5 Å². The molecule has 3 rings (SSSR count). The van der Waals surface area contributed by atoms with E-state index in [1.54, 1.807) is 16.4 Å². The van der Waals surface area contributed by atoms with E-state index in [-0.39, 0.29) is 5.78 Å². The van der Waals surface area contributed by atoms with Gasteiger partial charge in [0, 0.05) is 18.7 Å². The lowest BCUT2D eigenvalue weighted by molar-refractivity contribution is -0.111. The van der Waals surface area contributed by atoms with Crippen LogP contribution in [0.3, 0.4) is 0 Å². The number of Topliss-reactive ketones (excluding diaryl/α,β-unsaturated/α-hetero) is 1. The van der Waals surface area contributed by atoms with E-state index in [1.165, 1.54) is 0 Å². The third-order valence-corrected chi connectivity index (χ3v) is 16.2. The van der Waals surface area contributed by atoms with E-state index < -0.39 is 18.1 Å². The molecule has 0 unspecified atom stereocenters. The lowest BCUT2D eigenvalue weighted by Gasteiger charge is -2.44. The molecule has 0 saturated carbocycles. The zero-order valence-electron chi connectivity index (χ0n) is 19.5. The summed E-state index contributed by atoms with van der Waals surface area (Å²) >= 11 is 0. The average Bonchev–Trinajstić information content (AvgIpc) is 3.17. The summed E-state index contributed by atoms with van der Waals surface area (Å²) in [7, 11) is -5.79. The van der Waals surface area contributed by atoms with Crippen LogP contribution in [0.25, 0.3) is 0 Å². The Kier molecular flexibility index (Phi) is 6.08. The van der Waals surface area contributed by atoms with Gasteiger partial charge in [0.2, 0.25) is 10.0 Å². The van der Waals surface area contributed by atoms with E-state index in [4.69, 9.17) is 0 Å². The lowest BCUT2D eigenvalue weighted by atomic mass is 10.1. The van der Waals surface area contributed by atoms with Crippen LogP contribution in [0.1, 0.15) is 54.0 Å². The number of ketones is 1. The Hall–Kier alpha value is -1.50. The van der Waals surface area contributed by atoms with Crippen LogP contribution in [-0.2, 0) is 14.8 Å². The van der Waals surface area contributed by atoms with Crippen molar-refractivity contribution in [3.05, 3.63) is 51.7 Å². The maximum atomic E-state index is 13.5. The highest BCUT2D eigenvalue weighted by atomic mass is 32.2. The number of sulfonamides is 1. The fourth-order valence-corrected chi connectivity index (χ4v) is 14.4. The van der Waals surface area contributed by atoms with Crippen molar-refractivity contribution in [1.29, 1.82) is 0 Å². The zero-order chi connectivity index (χ0) is 22.6. The van der Waals surface area contributed by atoms with Gasteiger partial charge in [-0.25, -0.2) is 8.42 Å². The van der Waals surface area contributed by atoms with E-state index in [0.29, 0.717) is 34.6 Å². The second-order valence-electron chi connectivity index (χ2n) is 9.77. The summed E-state index contributed by atoms with van der Waals surface area (Å²) in [4.78, 5) is 13.8. The number of benzene rings is 1. The van der Waals surface area contributed by atoms with Gasteiger partial charge >= 0.3 is 0 Å². The molecular weight excluding hydrogens is 410 g/mol. The number of rotatable bonds is 6. The topological polar surface area (TPSA) is 54.5 Å². The third-order valence-electron chi connectivity index (χ3n) is 7.31. The summed E-state index contributed by atoms with van der Waals surface area (Å²) in [5, 5.41) is 0.997. The molecule has 6 heteroatoms. The molecule has 0 aromatic heterocycles. The van der Waals surface area contributed by atoms with Gasteiger partial charge in [-0.05, 0) is 58.9 Å². The third kappa shape index (κ3) is 3.28. The molecular formula is C24H35NO3SSi. The van der Waals surface area contributed by atoms with Crippen LogP contribution in [0.15, 0.2) is 51.1 Å². The number of hydrogen-bond acceptors (Lipinski definition) is 3. The van der Waals surface area contributed by atoms with Crippen molar-refractivity contribution in [1.82, 2.24) is 4.31 Å². The summed E-state index contributed by atoms with van der Waals surface area (Å²) in [6, 6.07) is 7.01. The first kappa shape index (κ1) is 23.2. The molecule has 1 aromatic rings. The molecule has 1 heterocycles. The standard InChI is InChI=1S/C24H35NO3SSi/c1-15(2)30(16(3)4,17(5)6)24-22-14-25(13-21(22)19(8)23(24)26)29(27,28)20-11-9-18(7)10-12-20/h9-12,15-17H,13-14H2,1-8H3. The number of hydrogen-bond donors (Lipinski definition) is 0. The summed E-state index contributed by atoms with van der Waals surface area (Å²) in [6.45, 7) is 17.9. The van der Waals surface area contributed by atoms with Crippen molar-refractivity contribution in [3.8, 4) is 0 Å². The Morgan fingerprint density at radius 1 is 0.833 bits per heavy atom. The first-order chi connectivity index (χ1) is 13.9. The molecule has 0 N–H and O–H groups in total. The quantitative estimate of drug-likeness (QED) is 0.550. The largest absolute Gasteiger partial charge is 0.290 e. The van der Waals surface area contributed by atoms with Gasteiger partial charge < -0.3 is 0 Å². The minimum atomic E-state index is -3.60. The smallest absolute Gasteiger partial charge is 0.243 e. The molecule has 164 valence electrons. The zero-order valence-corrected chi connectivity index (χ0v) is 21.4. The van der Waals surface area contributed by atoms with Gasteiger partial charge in [-0.3, -0.25) is 4.79 Å². The average molecular weight is 446 g/mol. The van der Waals surface area contributed by atoms with Crippen LogP contribution < -0.4 is 0 Å². The van der Waals surface area contributed by atoms with E-state index >= 15 is 0 Å². The highest BCUT2D eigenvalue weighted by molar-refractivity contribution is 7.89. The van der Waals surface area contributed by atoms with E-state index in [0.717, 1.165) is 27.5 Å². The normalized spacial score (nSPS) is 18.6. The highest BCUT2D eigenvalue weighted by Gasteiger charge is 2.53. The van der Waals surface area contributed by atoms with Crippen LogP contribution >= 0.6 is 0 Å². The SMILES string of the molecule is CC1=C2CN(S(=O)(=O)c3ccc(C)cc3)CC2=C([Si](C(C)C)(C(C)C)C(C)C)C1=O. The monoisotopic (exact) mass is 445 g/mol. The fraction of sp³-hybridized carbons (Fsp3) is 0.542. The number of nitrogens with zero attached hydrogens (tertiary/aromatic N) is 1. The molecule has 1 fully saturated rings. The van der Waals surface area contributed by atoms with Gasteiger partial charge in [0.05, 0.1) is 13.0 Å². The van der Waals surface area contributed by atoms with Gasteiger partial charge in [-0.2, -0.15) is 4.31 Å². The molecule has 0 bridgehead atoms. The highest BCUT2D eigenvalue weighted by Crippen LogP contribution is 2.52. The Morgan fingerprint density at radius 2 is 1.30 bits per heavy atom. The van der Waals surface area contributed by atoms with Crippen LogP contribution in [0.2, 0.25) is 16.6 Å². The van der Waals surface area contributed by atoms with Gasteiger partial charge in [0.1, 0.15) is 0 Å². The maximum Gasteiger partial charge on any atom is 0.243 e. The van der Waals surface area contributed by atoms with Gasteiger partial charge in [0.15, 0.2) is 5.78 Å². The lowest BCUT2D eigenvalue weighted by Crippen LogP contribution is -2.49. The predicted octanol–water partition coefficient (Wildman–Crippen LogP) is 5.41. The number of carbonyl (C=O) groups is 1. The second kappa shape index (κ2) is 7.88. The minimum Gasteiger partial charge on any atom is -0.290 e.